The van der Waals surface area contributed by atoms with Crippen LogP contribution in [-0.4, -0.2) is 21.0 Å². The second kappa shape index (κ2) is 2.82. The molecule has 0 amide bonds. The molecule has 0 fully saturated rings. The molecule has 0 spiro atoms. The van der Waals surface area contributed by atoms with Gasteiger partial charge in [-0.2, -0.15) is 13.9 Å². The predicted molar refractivity (Wildman–Crippen MR) is 38.8 cm³/mol. The molecule has 0 saturated carbocycles. The summed E-state index contributed by atoms with van der Waals surface area (Å²) in [6, 6.07) is -3.33. The predicted octanol–water partition coefficient (Wildman–Crippen LogP) is 1.12. The maximum absolute atomic E-state index is 12.9. The molecule has 0 unspecified atom stereocenters. The summed E-state index contributed by atoms with van der Waals surface area (Å²) in [7, 11) is 0. The zero-order chi connectivity index (χ0) is 9.35. The van der Waals surface area contributed by atoms with Gasteiger partial charge in [0, 0.05) is 6.20 Å². The summed E-state index contributed by atoms with van der Waals surface area (Å²) in [5.41, 5.74) is 0.635. The Hall–Kier alpha value is -0.970. The Balaban J connectivity index is 2.97. The van der Waals surface area contributed by atoms with Gasteiger partial charge in [-0.3, -0.25) is 0 Å². The van der Waals surface area contributed by atoms with E-state index < -0.39 is 12.2 Å². The molecule has 1 aromatic heterocycles. The van der Waals surface area contributed by atoms with Crippen molar-refractivity contribution in [1.29, 1.82) is 0 Å². The maximum atomic E-state index is 12.9. The van der Waals surface area contributed by atoms with Gasteiger partial charge in [-0.05, 0) is 19.4 Å². The Bertz CT molecular complexity index is 270. The van der Waals surface area contributed by atoms with Crippen molar-refractivity contribution in [2.45, 2.75) is 26.0 Å². The van der Waals surface area contributed by atoms with Gasteiger partial charge in [0.15, 0.2) is 0 Å². The van der Waals surface area contributed by atoms with Gasteiger partial charge in [-0.1, -0.05) is 0 Å². The highest BCUT2D eigenvalue weighted by atomic mass is 19.3. The van der Waals surface area contributed by atoms with E-state index in [1.165, 1.54) is 12.4 Å². The Morgan fingerprint density at radius 2 is 2.25 bits per heavy atom. The van der Waals surface area contributed by atoms with Crippen LogP contribution in [-0.2, 0) is 6.05 Å². The second-order valence-corrected chi connectivity index (χ2v) is 2.73. The minimum atomic E-state index is -3.33. The molecule has 0 saturated heterocycles. The SMILES string of the molecule is Cc1cnn(C(F)(F)[C@H](C)O)c1. The fourth-order valence-corrected chi connectivity index (χ4v) is 0.767. The summed E-state index contributed by atoms with van der Waals surface area (Å²) < 4.78 is 26.4. The number of aliphatic hydroxyl groups excluding tert-OH is 1. The number of rotatable bonds is 2. The number of alkyl halides is 2. The minimum absolute atomic E-state index is 0.465. The number of nitrogens with zero attached hydrogens (tertiary/aromatic N) is 2. The monoisotopic (exact) mass is 176 g/mol. The van der Waals surface area contributed by atoms with Crippen LogP contribution in [0.1, 0.15) is 12.5 Å². The van der Waals surface area contributed by atoms with Gasteiger partial charge in [0.2, 0.25) is 0 Å². The van der Waals surface area contributed by atoms with Gasteiger partial charge in [-0.25, -0.2) is 4.68 Å². The lowest BCUT2D eigenvalue weighted by Crippen LogP contribution is -2.35. The Morgan fingerprint density at radius 1 is 1.67 bits per heavy atom. The van der Waals surface area contributed by atoms with Crippen molar-refractivity contribution in [3.63, 3.8) is 0 Å². The third-order valence-electron chi connectivity index (χ3n) is 1.52. The molecular formula is C7H10F2N2O. The summed E-state index contributed by atoms with van der Waals surface area (Å²) in [6.07, 6.45) is 0.764. The first-order chi connectivity index (χ1) is 5.44. The molecule has 1 N–H and O–H groups in total. The summed E-state index contributed by atoms with van der Waals surface area (Å²) in [5.74, 6) is 0. The molecule has 3 nitrogen and oxygen atoms in total. The van der Waals surface area contributed by atoms with Crippen molar-refractivity contribution in [3.8, 4) is 0 Å². The smallest absolute Gasteiger partial charge is 0.368 e. The van der Waals surface area contributed by atoms with Crippen molar-refractivity contribution in [1.82, 2.24) is 9.78 Å². The third kappa shape index (κ3) is 1.45. The number of hydrogen-bond acceptors (Lipinski definition) is 2. The molecule has 0 bridgehead atoms. The largest absolute Gasteiger partial charge is 0.385 e. The Labute approximate surface area is 68.6 Å². The number of halogens is 2. The van der Waals surface area contributed by atoms with Crippen LogP contribution in [0.15, 0.2) is 12.4 Å². The van der Waals surface area contributed by atoms with E-state index >= 15 is 0 Å². The number of aryl methyl sites for hydroxylation is 1. The molecule has 1 atom stereocenters. The molecule has 68 valence electrons. The molecule has 1 aromatic rings. The van der Waals surface area contributed by atoms with E-state index in [9.17, 15) is 8.78 Å². The van der Waals surface area contributed by atoms with E-state index in [0.29, 0.717) is 10.2 Å². The lowest BCUT2D eigenvalue weighted by atomic mass is 10.3. The van der Waals surface area contributed by atoms with Crippen molar-refractivity contribution in [3.05, 3.63) is 18.0 Å². The molecule has 12 heavy (non-hydrogen) atoms. The number of aromatic nitrogens is 2. The van der Waals surface area contributed by atoms with Crippen LogP contribution in [0.25, 0.3) is 0 Å². The maximum Gasteiger partial charge on any atom is 0.368 e. The standard InChI is InChI=1S/C7H10F2N2O/c1-5-3-10-11(4-5)7(8,9)6(2)12/h3-4,6,12H,1-2H3/t6-/m0/s1. The molecule has 0 aromatic carbocycles. The topological polar surface area (TPSA) is 38.0 Å². The summed E-state index contributed by atoms with van der Waals surface area (Å²) in [6.45, 7) is 2.68. The van der Waals surface area contributed by atoms with Crippen LogP contribution >= 0.6 is 0 Å². The van der Waals surface area contributed by atoms with Gasteiger partial charge in [0.25, 0.3) is 0 Å². The van der Waals surface area contributed by atoms with E-state index in [1.807, 2.05) is 0 Å². The summed E-state index contributed by atoms with van der Waals surface area (Å²) in [5, 5.41) is 12.1. The van der Waals surface area contributed by atoms with Gasteiger partial charge >= 0.3 is 6.05 Å². The highest BCUT2D eigenvalue weighted by molar-refractivity contribution is 5.00. The van der Waals surface area contributed by atoms with Crippen LogP contribution < -0.4 is 0 Å². The Morgan fingerprint density at radius 3 is 2.58 bits per heavy atom. The molecule has 1 heterocycles. The minimum Gasteiger partial charge on any atom is -0.385 e. The van der Waals surface area contributed by atoms with Gasteiger partial charge in [0.05, 0.1) is 6.20 Å². The van der Waals surface area contributed by atoms with Gasteiger partial charge in [-0.15, -0.1) is 0 Å². The van der Waals surface area contributed by atoms with E-state index in [1.54, 1.807) is 6.92 Å². The van der Waals surface area contributed by atoms with Crippen LogP contribution in [0.4, 0.5) is 8.78 Å². The van der Waals surface area contributed by atoms with E-state index in [-0.39, 0.29) is 0 Å². The highest BCUT2D eigenvalue weighted by Crippen LogP contribution is 2.24. The normalized spacial score (nSPS) is 14.8. The lowest BCUT2D eigenvalue weighted by molar-refractivity contribution is -0.172. The number of hydrogen-bond donors (Lipinski definition) is 1. The summed E-state index contributed by atoms with van der Waals surface area (Å²) >= 11 is 0. The van der Waals surface area contributed by atoms with Crippen LogP contribution in [0, 0.1) is 6.92 Å². The quantitative estimate of drug-likeness (QED) is 0.733. The van der Waals surface area contributed by atoms with Gasteiger partial charge < -0.3 is 5.11 Å². The zero-order valence-corrected chi connectivity index (χ0v) is 6.83. The fraction of sp³-hybridized carbons (Fsp3) is 0.571. The summed E-state index contributed by atoms with van der Waals surface area (Å²) in [4.78, 5) is 0. The molecule has 0 aliphatic heterocycles. The van der Waals surface area contributed by atoms with Crippen LogP contribution in [0.3, 0.4) is 0 Å². The average Bonchev–Trinajstić information content (AvgIpc) is 2.35. The molecule has 1 rings (SSSR count). The molecule has 5 heteroatoms. The van der Waals surface area contributed by atoms with E-state index in [2.05, 4.69) is 5.10 Å². The molecular weight excluding hydrogens is 166 g/mol. The fourth-order valence-electron chi connectivity index (χ4n) is 0.767. The zero-order valence-electron chi connectivity index (χ0n) is 6.83. The Kier molecular flexibility index (Phi) is 2.14. The van der Waals surface area contributed by atoms with Crippen LogP contribution in [0.5, 0.6) is 0 Å². The highest BCUT2D eigenvalue weighted by Gasteiger charge is 2.38. The van der Waals surface area contributed by atoms with E-state index in [0.717, 1.165) is 6.92 Å². The van der Waals surface area contributed by atoms with Crippen molar-refractivity contribution >= 4 is 0 Å². The van der Waals surface area contributed by atoms with Crippen LogP contribution in [0.2, 0.25) is 0 Å². The molecule has 0 radical (unpaired) electrons. The average molecular weight is 176 g/mol. The van der Waals surface area contributed by atoms with Crippen molar-refractivity contribution < 1.29 is 13.9 Å². The van der Waals surface area contributed by atoms with Crippen molar-refractivity contribution in [2.75, 3.05) is 0 Å². The first-order valence-corrected chi connectivity index (χ1v) is 3.52. The van der Waals surface area contributed by atoms with E-state index in [4.69, 9.17) is 5.11 Å². The number of aliphatic hydroxyl groups is 1. The molecule has 0 aliphatic carbocycles. The first kappa shape index (κ1) is 9.12. The first-order valence-electron chi connectivity index (χ1n) is 3.52. The second-order valence-electron chi connectivity index (χ2n) is 2.73. The van der Waals surface area contributed by atoms with Gasteiger partial charge in [0.1, 0.15) is 6.10 Å². The molecule has 0 aliphatic rings. The third-order valence-corrected chi connectivity index (χ3v) is 1.52. The van der Waals surface area contributed by atoms with Crippen molar-refractivity contribution in [2.24, 2.45) is 0 Å². The lowest BCUT2D eigenvalue weighted by Gasteiger charge is -2.18.